The molecule has 0 unspecified atom stereocenters. The van der Waals surface area contributed by atoms with Gasteiger partial charge in [0.2, 0.25) is 5.91 Å². The minimum absolute atomic E-state index is 0.162. The van der Waals surface area contributed by atoms with Gasteiger partial charge in [0.15, 0.2) is 0 Å². The summed E-state index contributed by atoms with van der Waals surface area (Å²) in [6.45, 7) is 3.10. The first kappa shape index (κ1) is 17.1. The lowest BCUT2D eigenvalue weighted by Crippen LogP contribution is -2.53. The number of morpholine rings is 1. The SMILES string of the molecule is C[C@H]1OCCN[C@@H]1C(=O)Nc1cccc(NC(=O)c2ccncc2)c1. The standard InChI is InChI=1S/C18H20N4O3/c1-12-16(20-9-10-25-12)18(24)22-15-4-2-3-14(11-15)21-17(23)13-5-7-19-8-6-13/h2-8,11-12,16,20H,9-10H2,1H3,(H,21,23)(H,22,24)/t12-,16+/m1/s1. The van der Waals surface area contributed by atoms with E-state index in [1.165, 1.54) is 0 Å². The van der Waals surface area contributed by atoms with Crippen LogP contribution in [0.25, 0.3) is 0 Å². The Morgan fingerprint density at radius 1 is 1.16 bits per heavy atom. The van der Waals surface area contributed by atoms with Gasteiger partial charge in [0.1, 0.15) is 6.04 Å². The van der Waals surface area contributed by atoms with E-state index in [1.54, 1.807) is 48.8 Å². The minimum Gasteiger partial charge on any atom is -0.375 e. The molecule has 1 aliphatic heterocycles. The molecule has 2 aromatic rings. The van der Waals surface area contributed by atoms with Crippen LogP contribution in [0.5, 0.6) is 0 Å². The largest absolute Gasteiger partial charge is 0.375 e. The quantitative estimate of drug-likeness (QED) is 0.787. The van der Waals surface area contributed by atoms with Crippen LogP contribution >= 0.6 is 0 Å². The van der Waals surface area contributed by atoms with E-state index in [0.717, 1.165) is 0 Å². The lowest BCUT2D eigenvalue weighted by Gasteiger charge is -2.29. The third-order valence-corrected chi connectivity index (χ3v) is 3.93. The highest BCUT2D eigenvalue weighted by Crippen LogP contribution is 2.17. The maximum absolute atomic E-state index is 12.4. The maximum atomic E-state index is 12.4. The van der Waals surface area contributed by atoms with Crippen molar-refractivity contribution < 1.29 is 14.3 Å². The van der Waals surface area contributed by atoms with Gasteiger partial charge in [-0.25, -0.2) is 0 Å². The Kier molecular flexibility index (Phi) is 5.37. The fraction of sp³-hybridized carbons (Fsp3) is 0.278. The smallest absolute Gasteiger partial charge is 0.255 e. The first-order valence-corrected chi connectivity index (χ1v) is 8.11. The Morgan fingerprint density at radius 2 is 1.88 bits per heavy atom. The molecule has 0 bridgehead atoms. The van der Waals surface area contributed by atoms with Crippen molar-refractivity contribution in [3.05, 3.63) is 54.4 Å². The number of carbonyl (C=O) groups is 2. The molecule has 7 heteroatoms. The second kappa shape index (κ2) is 7.87. The number of aromatic nitrogens is 1. The zero-order valence-electron chi connectivity index (χ0n) is 13.9. The summed E-state index contributed by atoms with van der Waals surface area (Å²) in [5, 5.41) is 8.80. The Labute approximate surface area is 145 Å². The molecule has 2 atom stereocenters. The van der Waals surface area contributed by atoms with Crippen LogP contribution in [-0.2, 0) is 9.53 Å². The molecule has 2 amide bonds. The molecule has 1 aromatic heterocycles. The van der Waals surface area contributed by atoms with Crippen molar-refractivity contribution in [1.82, 2.24) is 10.3 Å². The molecule has 0 saturated carbocycles. The Hall–Kier alpha value is -2.77. The van der Waals surface area contributed by atoms with Crippen molar-refractivity contribution in [2.24, 2.45) is 0 Å². The normalized spacial score (nSPS) is 19.9. The number of benzene rings is 1. The van der Waals surface area contributed by atoms with Crippen molar-refractivity contribution >= 4 is 23.2 Å². The van der Waals surface area contributed by atoms with Gasteiger partial charge >= 0.3 is 0 Å². The zero-order chi connectivity index (χ0) is 17.6. The van der Waals surface area contributed by atoms with E-state index >= 15 is 0 Å². The van der Waals surface area contributed by atoms with Gasteiger partial charge in [0.05, 0.1) is 12.7 Å². The summed E-state index contributed by atoms with van der Waals surface area (Å²) in [7, 11) is 0. The van der Waals surface area contributed by atoms with Crippen LogP contribution in [0.1, 0.15) is 17.3 Å². The van der Waals surface area contributed by atoms with Gasteiger partial charge < -0.3 is 20.7 Å². The summed E-state index contributed by atoms with van der Waals surface area (Å²) < 4.78 is 5.49. The number of nitrogens with zero attached hydrogens (tertiary/aromatic N) is 1. The minimum atomic E-state index is -0.399. The van der Waals surface area contributed by atoms with Gasteiger partial charge in [-0.3, -0.25) is 14.6 Å². The third-order valence-electron chi connectivity index (χ3n) is 3.93. The van der Waals surface area contributed by atoms with Crippen molar-refractivity contribution in [3.63, 3.8) is 0 Å². The molecule has 3 rings (SSSR count). The third kappa shape index (κ3) is 4.40. The molecule has 1 aromatic carbocycles. The van der Waals surface area contributed by atoms with Crippen LogP contribution in [0, 0.1) is 0 Å². The van der Waals surface area contributed by atoms with Gasteiger partial charge in [-0.15, -0.1) is 0 Å². The van der Waals surface area contributed by atoms with E-state index in [2.05, 4.69) is 20.9 Å². The highest BCUT2D eigenvalue weighted by atomic mass is 16.5. The second-order valence-corrected chi connectivity index (χ2v) is 5.77. The predicted molar refractivity (Wildman–Crippen MR) is 94.5 cm³/mol. The molecule has 1 saturated heterocycles. The van der Waals surface area contributed by atoms with Crippen LogP contribution in [-0.4, -0.2) is 42.1 Å². The van der Waals surface area contributed by atoms with Gasteiger partial charge in [-0.05, 0) is 37.3 Å². The number of hydrogen-bond donors (Lipinski definition) is 3. The van der Waals surface area contributed by atoms with E-state index in [9.17, 15) is 9.59 Å². The summed E-state index contributed by atoms with van der Waals surface area (Å²) >= 11 is 0. The van der Waals surface area contributed by atoms with Crippen LogP contribution < -0.4 is 16.0 Å². The molecular formula is C18H20N4O3. The molecule has 1 aliphatic rings. The molecule has 0 spiro atoms. The molecule has 130 valence electrons. The summed E-state index contributed by atoms with van der Waals surface area (Å²) in [5.41, 5.74) is 1.72. The lowest BCUT2D eigenvalue weighted by atomic mass is 10.1. The number of rotatable bonds is 4. The van der Waals surface area contributed by atoms with Gasteiger partial charge in [0, 0.05) is 35.9 Å². The summed E-state index contributed by atoms with van der Waals surface area (Å²) in [5.74, 6) is -0.397. The lowest BCUT2D eigenvalue weighted by molar-refractivity contribution is -0.123. The number of pyridine rings is 1. The average Bonchev–Trinajstić information content (AvgIpc) is 2.63. The highest BCUT2D eigenvalue weighted by Gasteiger charge is 2.28. The average molecular weight is 340 g/mol. The Balaban J connectivity index is 1.65. The van der Waals surface area contributed by atoms with E-state index in [-0.39, 0.29) is 17.9 Å². The van der Waals surface area contributed by atoms with Crippen LogP contribution in [0.4, 0.5) is 11.4 Å². The summed E-state index contributed by atoms with van der Waals surface area (Å²) in [6, 6.07) is 9.89. The zero-order valence-corrected chi connectivity index (χ0v) is 13.9. The molecule has 0 radical (unpaired) electrons. The summed E-state index contributed by atoms with van der Waals surface area (Å²) in [6.07, 6.45) is 2.93. The summed E-state index contributed by atoms with van der Waals surface area (Å²) in [4.78, 5) is 28.5. The van der Waals surface area contributed by atoms with Crippen molar-refractivity contribution in [2.45, 2.75) is 19.1 Å². The van der Waals surface area contributed by atoms with Crippen LogP contribution in [0.2, 0.25) is 0 Å². The van der Waals surface area contributed by atoms with E-state index < -0.39 is 6.04 Å². The van der Waals surface area contributed by atoms with Gasteiger partial charge in [-0.2, -0.15) is 0 Å². The second-order valence-electron chi connectivity index (χ2n) is 5.77. The first-order chi connectivity index (χ1) is 12.1. The maximum Gasteiger partial charge on any atom is 0.255 e. The van der Waals surface area contributed by atoms with Crippen LogP contribution in [0.15, 0.2) is 48.8 Å². The predicted octanol–water partition coefficient (Wildman–Crippen LogP) is 1.65. The van der Waals surface area contributed by atoms with Gasteiger partial charge in [0.25, 0.3) is 5.91 Å². The van der Waals surface area contributed by atoms with Gasteiger partial charge in [-0.1, -0.05) is 6.07 Å². The monoisotopic (exact) mass is 340 g/mol. The number of anilines is 2. The van der Waals surface area contributed by atoms with Crippen molar-refractivity contribution in [1.29, 1.82) is 0 Å². The molecule has 1 fully saturated rings. The number of ether oxygens (including phenoxy) is 1. The van der Waals surface area contributed by atoms with Crippen LogP contribution in [0.3, 0.4) is 0 Å². The highest BCUT2D eigenvalue weighted by molar-refractivity contribution is 6.04. The Morgan fingerprint density at radius 3 is 2.60 bits per heavy atom. The fourth-order valence-electron chi connectivity index (χ4n) is 2.63. The number of nitrogens with one attached hydrogen (secondary N) is 3. The first-order valence-electron chi connectivity index (χ1n) is 8.11. The Bertz CT molecular complexity index is 751. The molecule has 25 heavy (non-hydrogen) atoms. The van der Waals surface area contributed by atoms with E-state index in [1.807, 2.05) is 6.92 Å². The number of hydrogen-bond acceptors (Lipinski definition) is 5. The molecule has 0 aliphatic carbocycles. The molecule has 7 nitrogen and oxygen atoms in total. The molecule has 3 N–H and O–H groups in total. The van der Waals surface area contributed by atoms with Crippen molar-refractivity contribution in [2.75, 3.05) is 23.8 Å². The number of carbonyl (C=O) groups excluding carboxylic acids is 2. The topological polar surface area (TPSA) is 92.4 Å². The number of amides is 2. The van der Waals surface area contributed by atoms with Crippen molar-refractivity contribution in [3.8, 4) is 0 Å². The fourth-order valence-corrected chi connectivity index (χ4v) is 2.63. The van der Waals surface area contributed by atoms with E-state index in [0.29, 0.717) is 30.1 Å². The molecular weight excluding hydrogens is 320 g/mol. The molecule has 2 heterocycles. The van der Waals surface area contributed by atoms with E-state index in [4.69, 9.17) is 4.74 Å².